The summed E-state index contributed by atoms with van der Waals surface area (Å²) in [5.41, 5.74) is 1.20. The third kappa shape index (κ3) is 4.45. The summed E-state index contributed by atoms with van der Waals surface area (Å²) in [6.45, 7) is 2.02. The van der Waals surface area contributed by atoms with Gasteiger partial charge in [0.25, 0.3) is 5.91 Å². The Hall–Kier alpha value is -2.74. The maximum absolute atomic E-state index is 12.5. The molecule has 138 valence electrons. The molecule has 0 aromatic heterocycles. The van der Waals surface area contributed by atoms with Crippen molar-refractivity contribution in [3.8, 4) is 11.5 Å². The molecule has 0 saturated carbocycles. The fraction of sp³-hybridized carbons (Fsp3) is 0.278. The van der Waals surface area contributed by atoms with E-state index in [9.17, 15) is 13.2 Å². The van der Waals surface area contributed by atoms with Gasteiger partial charge in [-0.2, -0.15) is 0 Å². The van der Waals surface area contributed by atoms with Gasteiger partial charge in [0.05, 0.1) is 6.26 Å². The first-order valence-electron chi connectivity index (χ1n) is 8.08. The first-order valence-corrected chi connectivity index (χ1v) is 9.98. The Labute approximate surface area is 152 Å². The summed E-state index contributed by atoms with van der Waals surface area (Å²) in [6.07, 6.45) is -0.105. The van der Waals surface area contributed by atoms with Crippen molar-refractivity contribution < 1.29 is 22.7 Å². The number of sulfonamides is 1. The summed E-state index contributed by atoms with van der Waals surface area (Å²) in [6, 6.07) is 14.0. The van der Waals surface area contributed by atoms with Gasteiger partial charge >= 0.3 is 0 Å². The molecule has 2 atom stereocenters. The second-order valence-electron chi connectivity index (χ2n) is 6.10. The second kappa shape index (κ2) is 7.25. The van der Waals surface area contributed by atoms with E-state index < -0.39 is 22.2 Å². The van der Waals surface area contributed by atoms with Crippen LogP contribution in [0.15, 0.2) is 48.5 Å². The molecule has 1 aliphatic heterocycles. The summed E-state index contributed by atoms with van der Waals surface area (Å²) in [5, 5.41) is 2.80. The normalized spacial score (nSPS) is 18.8. The number of amides is 1. The van der Waals surface area contributed by atoms with Crippen LogP contribution in [0.1, 0.15) is 12.5 Å². The number of rotatable bonds is 5. The van der Waals surface area contributed by atoms with E-state index in [1.54, 1.807) is 43.3 Å². The van der Waals surface area contributed by atoms with Crippen LogP contribution in [-0.2, 0) is 21.4 Å². The molecule has 1 heterocycles. The standard InChI is InChI=1S/C18H20N2O5S/c1-12-17(25-16-9-4-3-8-15(16)24-12)18(21)19-11-13-6-5-7-14(10-13)20-26(2,22)23/h3-10,12,17,20H,11H2,1-2H3,(H,19,21). The van der Waals surface area contributed by atoms with Gasteiger partial charge in [-0.1, -0.05) is 24.3 Å². The summed E-state index contributed by atoms with van der Waals surface area (Å²) >= 11 is 0. The highest BCUT2D eigenvalue weighted by Crippen LogP contribution is 2.33. The minimum absolute atomic E-state index is 0.242. The number of carbonyl (C=O) groups is 1. The summed E-state index contributed by atoms with van der Waals surface area (Å²) < 4.78 is 36.5. The van der Waals surface area contributed by atoms with Crippen molar-refractivity contribution in [2.45, 2.75) is 25.7 Å². The number of fused-ring (bicyclic) bond motifs is 1. The predicted octanol–water partition coefficient (Wildman–Crippen LogP) is 1.90. The Balaban J connectivity index is 1.63. The Kier molecular flexibility index (Phi) is 5.03. The average molecular weight is 376 g/mol. The van der Waals surface area contributed by atoms with Crippen molar-refractivity contribution in [3.63, 3.8) is 0 Å². The van der Waals surface area contributed by atoms with Crippen LogP contribution in [0.5, 0.6) is 11.5 Å². The molecular weight excluding hydrogens is 356 g/mol. The number of hydrogen-bond acceptors (Lipinski definition) is 5. The van der Waals surface area contributed by atoms with Crippen molar-refractivity contribution in [2.75, 3.05) is 11.0 Å². The Morgan fingerprint density at radius 3 is 2.46 bits per heavy atom. The van der Waals surface area contributed by atoms with Gasteiger partial charge in [0, 0.05) is 12.2 Å². The molecule has 0 bridgehead atoms. The zero-order valence-electron chi connectivity index (χ0n) is 14.4. The van der Waals surface area contributed by atoms with E-state index in [1.807, 2.05) is 12.1 Å². The zero-order chi connectivity index (χ0) is 18.7. The third-order valence-electron chi connectivity index (χ3n) is 3.80. The fourth-order valence-corrected chi connectivity index (χ4v) is 3.21. The van der Waals surface area contributed by atoms with Crippen LogP contribution in [0, 0.1) is 0 Å². The molecule has 1 amide bonds. The highest BCUT2D eigenvalue weighted by Gasteiger charge is 2.33. The second-order valence-corrected chi connectivity index (χ2v) is 7.85. The predicted molar refractivity (Wildman–Crippen MR) is 97.7 cm³/mol. The Bertz CT molecular complexity index is 913. The van der Waals surface area contributed by atoms with Crippen molar-refractivity contribution in [3.05, 3.63) is 54.1 Å². The molecule has 2 unspecified atom stereocenters. The quantitative estimate of drug-likeness (QED) is 0.831. The van der Waals surface area contributed by atoms with Gasteiger partial charge in [-0.15, -0.1) is 0 Å². The van der Waals surface area contributed by atoms with Crippen LogP contribution >= 0.6 is 0 Å². The maximum Gasteiger partial charge on any atom is 0.265 e. The molecule has 0 saturated heterocycles. The average Bonchev–Trinajstić information content (AvgIpc) is 2.58. The van der Waals surface area contributed by atoms with Crippen molar-refractivity contribution in [1.29, 1.82) is 0 Å². The van der Waals surface area contributed by atoms with Crippen molar-refractivity contribution in [1.82, 2.24) is 5.32 Å². The lowest BCUT2D eigenvalue weighted by Crippen LogP contribution is -2.48. The van der Waals surface area contributed by atoms with Gasteiger partial charge in [0.1, 0.15) is 6.10 Å². The van der Waals surface area contributed by atoms with Gasteiger partial charge in [0.2, 0.25) is 16.1 Å². The smallest absolute Gasteiger partial charge is 0.265 e. The molecule has 0 aliphatic carbocycles. The zero-order valence-corrected chi connectivity index (χ0v) is 15.2. The van der Waals surface area contributed by atoms with Crippen LogP contribution in [0.2, 0.25) is 0 Å². The van der Waals surface area contributed by atoms with Crippen LogP contribution in [-0.4, -0.2) is 32.8 Å². The lowest BCUT2D eigenvalue weighted by atomic mass is 10.1. The molecule has 2 N–H and O–H groups in total. The van der Waals surface area contributed by atoms with Gasteiger partial charge in [-0.25, -0.2) is 8.42 Å². The first kappa shape index (κ1) is 18.1. The largest absolute Gasteiger partial charge is 0.482 e. The monoisotopic (exact) mass is 376 g/mol. The van der Waals surface area contributed by atoms with E-state index in [2.05, 4.69) is 10.0 Å². The molecule has 8 heteroatoms. The molecule has 26 heavy (non-hydrogen) atoms. The Morgan fingerprint density at radius 2 is 1.77 bits per heavy atom. The molecule has 0 fully saturated rings. The van der Waals surface area contributed by atoms with Crippen LogP contribution in [0.25, 0.3) is 0 Å². The van der Waals surface area contributed by atoms with E-state index in [1.165, 1.54) is 0 Å². The van der Waals surface area contributed by atoms with Crippen molar-refractivity contribution >= 4 is 21.6 Å². The van der Waals surface area contributed by atoms with E-state index in [0.29, 0.717) is 17.2 Å². The highest BCUT2D eigenvalue weighted by atomic mass is 32.2. The lowest BCUT2D eigenvalue weighted by Gasteiger charge is -2.31. The number of para-hydroxylation sites is 2. The van der Waals surface area contributed by atoms with Crippen molar-refractivity contribution in [2.24, 2.45) is 0 Å². The molecule has 0 spiro atoms. The van der Waals surface area contributed by atoms with Crippen LogP contribution in [0.4, 0.5) is 5.69 Å². The third-order valence-corrected chi connectivity index (χ3v) is 4.40. The number of hydrogen-bond donors (Lipinski definition) is 2. The summed E-state index contributed by atoms with van der Waals surface area (Å²) in [4.78, 5) is 12.5. The molecular formula is C18H20N2O5S. The fourth-order valence-electron chi connectivity index (χ4n) is 2.65. The SMILES string of the molecule is CC1Oc2ccccc2OC1C(=O)NCc1cccc(NS(C)(=O)=O)c1. The van der Waals surface area contributed by atoms with Crippen LogP contribution in [0.3, 0.4) is 0 Å². The van der Waals surface area contributed by atoms with Crippen LogP contribution < -0.4 is 19.5 Å². The number of ether oxygens (including phenoxy) is 2. The van der Waals surface area contributed by atoms with E-state index in [4.69, 9.17) is 9.47 Å². The van der Waals surface area contributed by atoms with E-state index in [-0.39, 0.29) is 12.5 Å². The summed E-state index contributed by atoms with van der Waals surface area (Å²) in [5.74, 6) is 0.849. The maximum atomic E-state index is 12.5. The Morgan fingerprint density at radius 1 is 1.08 bits per heavy atom. The molecule has 2 aromatic carbocycles. The topological polar surface area (TPSA) is 93.7 Å². The first-order chi connectivity index (χ1) is 12.3. The minimum Gasteiger partial charge on any atom is -0.482 e. The molecule has 0 radical (unpaired) electrons. The van der Waals surface area contributed by atoms with Gasteiger partial charge in [-0.3, -0.25) is 9.52 Å². The molecule has 3 rings (SSSR count). The highest BCUT2D eigenvalue weighted by molar-refractivity contribution is 7.92. The van der Waals surface area contributed by atoms with E-state index >= 15 is 0 Å². The molecule has 2 aromatic rings. The van der Waals surface area contributed by atoms with E-state index in [0.717, 1.165) is 11.8 Å². The number of benzene rings is 2. The lowest BCUT2D eigenvalue weighted by molar-refractivity contribution is -0.133. The van der Waals surface area contributed by atoms with Gasteiger partial charge < -0.3 is 14.8 Å². The minimum atomic E-state index is -3.35. The number of anilines is 1. The number of nitrogens with one attached hydrogen (secondary N) is 2. The van der Waals surface area contributed by atoms with Gasteiger partial charge in [0.15, 0.2) is 11.5 Å². The summed E-state index contributed by atoms with van der Waals surface area (Å²) in [7, 11) is -3.35. The number of carbonyl (C=O) groups excluding carboxylic acids is 1. The molecule has 1 aliphatic rings. The molecule has 7 nitrogen and oxygen atoms in total. The van der Waals surface area contributed by atoms with Gasteiger partial charge in [-0.05, 0) is 36.8 Å².